The number of carbonyl (C=O) groups is 2. The van der Waals surface area contributed by atoms with Crippen molar-refractivity contribution in [1.82, 2.24) is 20.1 Å². The number of rotatable bonds is 8. The number of benzene rings is 2. The molecule has 7 nitrogen and oxygen atoms in total. The molecule has 2 aliphatic rings. The number of para-hydroxylation sites is 2. The van der Waals surface area contributed by atoms with Crippen molar-refractivity contribution in [3.63, 3.8) is 0 Å². The van der Waals surface area contributed by atoms with Crippen LogP contribution in [0, 0.1) is 0 Å². The molecule has 2 fully saturated rings. The predicted molar refractivity (Wildman–Crippen MR) is 120 cm³/mol. The Morgan fingerprint density at radius 1 is 1.00 bits per heavy atom. The second-order valence-corrected chi connectivity index (χ2v) is 8.85. The van der Waals surface area contributed by atoms with E-state index in [1.165, 1.54) is 11.8 Å². The number of nitrogens with zero attached hydrogens (tertiary/aromatic N) is 3. The van der Waals surface area contributed by atoms with Crippen LogP contribution >= 0.6 is 11.8 Å². The zero-order valence-corrected chi connectivity index (χ0v) is 17.8. The maximum absolute atomic E-state index is 12.6. The third-order valence-corrected chi connectivity index (χ3v) is 6.08. The van der Waals surface area contributed by atoms with E-state index in [4.69, 9.17) is 0 Å². The molecule has 5 rings (SSSR count). The first kappa shape index (κ1) is 19.8. The molecule has 2 aliphatic carbocycles. The molecule has 3 aromatic rings. The minimum atomic E-state index is -0.194. The Labute approximate surface area is 184 Å². The van der Waals surface area contributed by atoms with Crippen molar-refractivity contribution in [3.8, 4) is 5.69 Å². The van der Waals surface area contributed by atoms with E-state index in [1.54, 1.807) is 18.2 Å². The molecule has 0 unspecified atom stereocenters. The first-order chi connectivity index (χ1) is 15.2. The molecule has 2 amide bonds. The molecule has 2 saturated carbocycles. The van der Waals surface area contributed by atoms with E-state index >= 15 is 0 Å². The smallest absolute Gasteiger partial charge is 0.253 e. The lowest BCUT2D eigenvalue weighted by Gasteiger charge is -2.10. The highest BCUT2D eigenvalue weighted by Gasteiger charge is 2.30. The normalized spacial score (nSPS) is 15.5. The van der Waals surface area contributed by atoms with E-state index in [9.17, 15) is 9.59 Å². The fraction of sp³-hybridized carbons (Fsp3) is 0.304. The van der Waals surface area contributed by atoms with Crippen molar-refractivity contribution in [3.05, 3.63) is 66.0 Å². The summed E-state index contributed by atoms with van der Waals surface area (Å²) in [4.78, 5) is 29.7. The van der Waals surface area contributed by atoms with E-state index in [0.717, 1.165) is 37.2 Å². The first-order valence-electron chi connectivity index (χ1n) is 10.5. The third-order valence-electron chi connectivity index (χ3n) is 5.25. The van der Waals surface area contributed by atoms with Crippen LogP contribution in [0.2, 0.25) is 0 Å². The molecule has 0 aliphatic heterocycles. The van der Waals surface area contributed by atoms with Gasteiger partial charge in [-0.3, -0.25) is 9.59 Å². The second kappa shape index (κ2) is 8.55. The van der Waals surface area contributed by atoms with Gasteiger partial charge in [0.05, 0.1) is 22.7 Å². The van der Waals surface area contributed by atoms with Crippen LogP contribution in [-0.2, 0) is 4.79 Å². The molecular weight excluding hydrogens is 410 g/mol. The number of aromatic nitrogens is 3. The molecular formula is C23H23N5O2S. The Morgan fingerprint density at radius 3 is 2.48 bits per heavy atom. The number of amides is 2. The maximum Gasteiger partial charge on any atom is 0.253 e. The van der Waals surface area contributed by atoms with Gasteiger partial charge in [-0.2, -0.15) is 0 Å². The molecule has 158 valence electrons. The van der Waals surface area contributed by atoms with Crippen molar-refractivity contribution in [2.75, 3.05) is 11.1 Å². The fourth-order valence-electron chi connectivity index (χ4n) is 3.33. The van der Waals surface area contributed by atoms with E-state index in [1.807, 2.05) is 41.1 Å². The number of nitrogens with one attached hydrogen (secondary N) is 2. The topological polar surface area (TPSA) is 88.9 Å². The van der Waals surface area contributed by atoms with Crippen molar-refractivity contribution < 1.29 is 9.59 Å². The summed E-state index contributed by atoms with van der Waals surface area (Å²) in [6.45, 7) is 0. The van der Waals surface area contributed by atoms with Gasteiger partial charge in [0.1, 0.15) is 5.82 Å². The highest BCUT2D eigenvalue weighted by Crippen LogP contribution is 2.40. The van der Waals surface area contributed by atoms with Gasteiger partial charge in [0.2, 0.25) is 11.1 Å². The highest BCUT2D eigenvalue weighted by molar-refractivity contribution is 7.99. The van der Waals surface area contributed by atoms with Crippen LogP contribution in [0.1, 0.15) is 47.8 Å². The Morgan fingerprint density at radius 2 is 1.74 bits per heavy atom. The fourth-order valence-corrected chi connectivity index (χ4v) is 3.96. The maximum atomic E-state index is 12.6. The van der Waals surface area contributed by atoms with Gasteiger partial charge in [-0.1, -0.05) is 42.1 Å². The number of hydrogen-bond donors (Lipinski definition) is 2. The van der Waals surface area contributed by atoms with E-state index in [0.29, 0.717) is 22.3 Å². The standard InChI is InChI=1S/C23H23N5O2S/c29-20(25-19-9-5-4-8-18(19)22(30)24-16-12-13-16)14-31-23-26-21(15-10-11-15)28(27-23)17-6-2-1-3-7-17/h1-9,15-16H,10-14H2,(H,24,30)(H,25,29). The van der Waals surface area contributed by atoms with E-state index < -0.39 is 0 Å². The Hall–Kier alpha value is -3.13. The van der Waals surface area contributed by atoms with Gasteiger partial charge >= 0.3 is 0 Å². The number of anilines is 1. The van der Waals surface area contributed by atoms with Gasteiger partial charge in [0.15, 0.2) is 0 Å². The molecule has 1 heterocycles. The van der Waals surface area contributed by atoms with Crippen LogP contribution in [-0.4, -0.2) is 38.4 Å². The van der Waals surface area contributed by atoms with Crippen LogP contribution in [0.4, 0.5) is 5.69 Å². The Kier molecular flexibility index (Phi) is 5.46. The van der Waals surface area contributed by atoms with Crippen LogP contribution < -0.4 is 10.6 Å². The highest BCUT2D eigenvalue weighted by atomic mass is 32.2. The predicted octanol–water partition coefficient (Wildman–Crippen LogP) is 3.77. The summed E-state index contributed by atoms with van der Waals surface area (Å²) in [6.07, 6.45) is 4.27. The molecule has 31 heavy (non-hydrogen) atoms. The molecule has 8 heteroatoms. The van der Waals surface area contributed by atoms with Crippen molar-refractivity contribution >= 4 is 29.3 Å². The van der Waals surface area contributed by atoms with Crippen LogP contribution in [0.3, 0.4) is 0 Å². The van der Waals surface area contributed by atoms with Gasteiger partial charge in [0, 0.05) is 12.0 Å². The van der Waals surface area contributed by atoms with Gasteiger partial charge in [0.25, 0.3) is 5.91 Å². The lowest BCUT2D eigenvalue weighted by atomic mass is 10.1. The van der Waals surface area contributed by atoms with Crippen LogP contribution in [0.25, 0.3) is 5.69 Å². The van der Waals surface area contributed by atoms with Gasteiger partial charge in [-0.05, 0) is 49.9 Å². The van der Waals surface area contributed by atoms with Crippen LogP contribution in [0.5, 0.6) is 0 Å². The Bertz CT molecular complexity index is 1110. The minimum absolute atomic E-state index is 0.150. The summed E-state index contributed by atoms with van der Waals surface area (Å²) in [5.74, 6) is 1.22. The Balaban J connectivity index is 1.25. The zero-order chi connectivity index (χ0) is 21.2. The molecule has 0 atom stereocenters. The quantitative estimate of drug-likeness (QED) is 0.528. The number of carbonyl (C=O) groups excluding carboxylic acids is 2. The van der Waals surface area contributed by atoms with Gasteiger partial charge < -0.3 is 10.6 Å². The summed E-state index contributed by atoms with van der Waals surface area (Å²) >= 11 is 1.30. The van der Waals surface area contributed by atoms with Crippen molar-refractivity contribution in [1.29, 1.82) is 0 Å². The summed E-state index contributed by atoms with van der Waals surface area (Å²) in [6, 6.07) is 17.3. The lowest BCUT2D eigenvalue weighted by molar-refractivity contribution is -0.113. The largest absolute Gasteiger partial charge is 0.349 e. The summed E-state index contributed by atoms with van der Waals surface area (Å²) in [7, 11) is 0. The molecule has 2 aromatic carbocycles. The van der Waals surface area contributed by atoms with Crippen molar-refractivity contribution in [2.45, 2.75) is 42.8 Å². The minimum Gasteiger partial charge on any atom is -0.349 e. The van der Waals surface area contributed by atoms with Gasteiger partial charge in [-0.25, -0.2) is 9.67 Å². The average Bonchev–Trinajstić information content (AvgIpc) is 3.73. The number of thioether (sulfide) groups is 1. The molecule has 0 radical (unpaired) electrons. The molecule has 0 saturated heterocycles. The van der Waals surface area contributed by atoms with E-state index in [2.05, 4.69) is 20.7 Å². The molecule has 0 spiro atoms. The first-order valence-corrected chi connectivity index (χ1v) is 11.5. The monoisotopic (exact) mass is 433 g/mol. The van der Waals surface area contributed by atoms with Crippen LogP contribution in [0.15, 0.2) is 59.8 Å². The van der Waals surface area contributed by atoms with Gasteiger partial charge in [-0.15, -0.1) is 5.10 Å². The lowest BCUT2D eigenvalue weighted by Crippen LogP contribution is -2.27. The SMILES string of the molecule is O=C(CSc1nc(C2CC2)n(-c2ccccc2)n1)Nc1ccccc1C(=O)NC1CC1. The molecule has 1 aromatic heterocycles. The molecule has 2 N–H and O–H groups in total. The third kappa shape index (κ3) is 4.80. The second-order valence-electron chi connectivity index (χ2n) is 7.90. The summed E-state index contributed by atoms with van der Waals surface area (Å²) < 4.78 is 1.88. The average molecular weight is 434 g/mol. The van der Waals surface area contributed by atoms with Crippen molar-refractivity contribution in [2.24, 2.45) is 0 Å². The number of hydrogen-bond acceptors (Lipinski definition) is 5. The summed E-state index contributed by atoms with van der Waals surface area (Å²) in [5, 5.41) is 11.0. The molecule has 0 bridgehead atoms. The van der Waals surface area contributed by atoms with E-state index in [-0.39, 0.29) is 23.6 Å². The zero-order valence-electron chi connectivity index (χ0n) is 17.0. The summed E-state index contributed by atoms with van der Waals surface area (Å²) in [5.41, 5.74) is 1.98.